The molecule has 0 amide bonds. The van der Waals surface area contributed by atoms with Crippen molar-refractivity contribution in [3.63, 3.8) is 0 Å². The zero-order valence-corrected chi connectivity index (χ0v) is 11.2. The van der Waals surface area contributed by atoms with Gasteiger partial charge >= 0.3 is 0 Å². The van der Waals surface area contributed by atoms with Gasteiger partial charge in [0, 0.05) is 18.1 Å². The van der Waals surface area contributed by atoms with Crippen molar-refractivity contribution in [2.24, 2.45) is 0 Å². The van der Waals surface area contributed by atoms with Gasteiger partial charge in [0.25, 0.3) is 0 Å². The van der Waals surface area contributed by atoms with Crippen LogP contribution in [-0.2, 0) is 0 Å². The molecule has 3 nitrogen and oxygen atoms in total. The Bertz CT molecular complexity index is 212. The van der Waals surface area contributed by atoms with E-state index in [2.05, 4.69) is 17.3 Å². The van der Waals surface area contributed by atoms with Crippen LogP contribution in [0.3, 0.4) is 0 Å². The van der Waals surface area contributed by atoms with Crippen molar-refractivity contribution in [2.75, 3.05) is 20.2 Å². The first-order chi connectivity index (χ1) is 8.29. The minimum atomic E-state index is 0.287. The predicted octanol–water partition coefficient (Wildman–Crippen LogP) is 1.75. The van der Waals surface area contributed by atoms with Gasteiger partial charge in [-0.05, 0) is 45.7 Å². The Morgan fingerprint density at radius 3 is 2.47 bits per heavy atom. The molecule has 100 valence electrons. The highest BCUT2D eigenvalue weighted by Crippen LogP contribution is 2.22. The first-order valence-electron chi connectivity index (χ1n) is 7.36. The Hall–Kier alpha value is -0.120. The highest BCUT2D eigenvalue weighted by Gasteiger charge is 2.25. The van der Waals surface area contributed by atoms with E-state index in [1.807, 2.05) is 0 Å². The van der Waals surface area contributed by atoms with Crippen molar-refractivity contribution in [1.82, 2.24) is 10.2 Å². The molecule has 17 heavy (non-hydrogen) atoms. The second kappa shape index (κ2) is 6.72. The van der Waals surface area contributed by atoms with Crippen molar-refractivity contribution in [3.05, 3.63) is 0 Å². The van der Waals surface area contributed by atoms with E-state index >= 15 is 0 Å². The van der Waals surface area contributed by atoms with Crippen molar-refractivity contribution >= 4 is 0 Å². The molecule has 2 N–H and O–H groups in total. The molecule has 0 aromatic carbocycles. The lowest BCUT2D eigenvalue weighted by Gasteiger charge is -2.32. The van der Waals surface area contributed by atoms with Gasteiger partial charge in [-0.25, -0.2) is 0 Å². The molecule has 0 heterocycles. The third-order valence-electron chi connectivity index (χ3n) is 4.30. The van der Waals surface area contributed by atoms with Crippen LogP contribution in [0, 0.1) is 0 Å². The fourth-order valence-electron chi connectivity index (χ4n) is 2.87. The molecule has 1 atom stereocenters. The van der Waals surface area contributed by atoms with Crippen molar-refractivity contribution in [2.45, 2.75) is 69.5 Å². The van der Waals surface area contributed by atoms with Gasteiger partial charge in [0.15, 0.2) is 0 Å². The number of aliphatic hydroxyl groups excluding tert-OH is 1. The van der Waals surface area contributed by atoms with Crippen molar-refractivity contribution < 1.29 is 5.11 Å². The molecule has 0 bridgehead atoms. The van der Waals surface area contributed by atoms with E-state index in [1.54, 1.807) is 0 Å². The van der Waals surface area contributed by atoms with Crippen LogP contribution in [0.15, 0.2) is 0 Å². The molecule has 2 saturated carbocycles. The number of hydrogen-bond acceptors (Lipinski definition) is 3. The van der Waals surface area contributed by atoms with Gasteiger partial charge in [-0.3, -0.25) is 0 Å². The lowest BCUT2D eigenvalue weighted by Crippen LogP contribution is -2.40. The van der Waals surface area contributed by atoms with Crippen molar-refractivity contribution in [1.29, 1.82) is 0 Å². The number of nitrogens with one attached hydrogen (secondary N) is 1. The predicted molar refractivity (Wildman–Crippen MR) is 71.2 cm³/mol. The summed E-state index contributed by atoms with van der Waals surface area (Å²) >= 11 is 0. The summed E-state index contributed by atoms with van der Waals surface area (Å²) < 4.78 is 0. The monoisotopic (exact) mass is 240 g/mol. The second-order valence-corrected chi connectivity index (χ2v) is 5.88. The Balaban J connectivity index is 1.64. The summed E-state index contributed by atoms with van der Waals surface area (Å²) in [6, 6.07) is 1.81. The van der Waals surface area contributed by atoms with Crippen LogP contribution < -0.4 is 5.32 Å². The summed E-state index contributed by atoms with van der Waals surface area (Å²) in [5, 5.41) is 12.9. The lowest BCUT2D eigenvalue weighted by molar-refractivity contribution is 0.167. The van der Waals surface area contributed by atoms with E-state index in [4.69, 9.17) is 0 Å². The highest BCUT2D eigenvalue weighted by molar-refractivity contribution is 4.85. The standard InChI is InChI=1S/C14H28N2O/c1-16(14-5-3-2-4-6-14)10-9-13(11-17)15-12-7-8-12/h12-15,17H,2-11H2,1H3. The molecule has 0 spiro atoms. The molecule has 2 fully saturated rings. The first-order valence-corrected chi connectivity index (χ1v) is 7.36. The van der Waals surface area contributed by atoms with Crippen molar-refractivity contribution in [3.8, 4) is 0 Å². The van der Waals surface area contributed by atoms with Gasteiger partial charge in [-0.15, -0.1) is 0 Å². The van der Waals surface area contributed by atoms with E-state index in [0.29, 0.717) is 12.1 Å². The lowest BCUT2D eigenvalue weighted by atomic mass is 9.94. The molecule has 0 saturated heterocycles. The van der Waals surface area contributed by atoms with E-state index in [0.717, 1.165) is 19.0 Å². The molecule has 2 rings (SSSR count). The Labute approximate surface area is 106 Å². The molecule has 0 aromatic rings. The molecule has 1 unspecified atom stereocenters. The molecular weight excluding hydrogens is 212 g/mol. The fourth-order valence-corrected chi connectivity index (χ4v) is 2.87. The average Bonchev–Trinajstić information content (AvgIpc) is 3.19. The van der Waals surface area contributed by atoms with Crippen LogP contribution in [0.25, 0.3) is 0 Å². The summed E-state index contributed by atoms with van der Waals surface area (Å²) in [7, 11) is 2.25. The van der Waals surface area contributed by atoms with Gasteiger partial charge in [-0.2, -0.15) is 0 Å². The summed E-state index contributed by atoms with van der Waals surface area (Å²) in [4.78, 5) is 2.51. The summed E-state index contributed by atoms with van der Waals surface area (Å²) in [6.45, 7) is 1.41. The minimum Gasteiger partial charge on any atom is -0.395 e. The van der Waals surface area contributed by atoms with Gasteiger partial charge in [0.05, 0.1) is 6.61 Å². The zero-order chi connectivity index (χ0) is 12.1. The minimum absolute atomic E-state index is 0.287. The molecule has 2 aliphatic rings. The number of aliphatic hydroxyl groups is 1. The third-order valence-corrected chi connectivity index (χ3v) is 4.30. The van der Waals surface area contributed by atoms with Crippen LogP contribution in [0.5, 0.6) is 0 Å². The molecule has 0 aliphatic heterocycles. The maximum Gasteiger partial charge on any atom is 0.0585 e. The SMILES string of the molecule is CN(CCC(CO)NC1CC1)C1CCCCC1. The van der Waals surface area contributed by atoms with Crippen LogP contribution >= 0.6 is 0 Å². The number of hydrogen-bond donors (Lipinski definition) is 2. The molecule has 3 heteroatoms. The maximum absolute atomic E-state index is 9.34. The normalized spacial score (nSPS) is 24.2. The maximum atomic E-state index is 9.34. The summed E-state index contributed by atoms with van der Waals surface area (Å²) in [6.07, 6.45) is 10.7. The number of nitrogens with zero attached hydrogens (tertiary/aromatic N) is 1. The largest absolute Gasteiger partial charge is 0.395 e. The zero-order valence-electron chi connectivity index (χ0n) is 11.2. The summed E-state index contributed by atoms with van der Waals surface area (Å²) in [5.41, 5.74) is 0. The first kappa shape index (κ1) is 13.3. The second-order valence-electron chi connectivity index (χ2n) is 5.88. The van der Waals surface area contributed by atoms with Crippen LogP contribution in [-0.4, -0.2) is 48.3 Å². The molecule has 2 aliphatic carbocycles. The molecular formula is C14H28N2O. The van der Waals surface area contributed by atoms with Gasteiger partial charge in [0.2, 0.25) is 0 Å². The van der Waals surface area contributed by atoms with Gasteiger partial charge in [-0.1, -0.05) is 19.3 Å². The molecule has 0 aromatic heterocycles. The van der Waals surface area contributed by atoms with E-state index in [9.17, 15) is 5.11 Å². The average molecular weight is 240 g/mol. The molecule has 0 radical (unpaired) electrons. The Morgan fingerprint density at radius 1 is 1.18 bits per heavy atom. The van der Waals surface area contributed by atoms with Crippen LogP contribution in [0.4, 0.5) is 0 Å². The van der Waals surface area contributed by atoms with E-state index in [-0.39, 0.29) is 6.61 Å². The van der Waals surface area contributed by atoms with E-state index < -0.39 is 0 Å². The van der Waals surface area contributed by atoms with E-state index in [1.165, 1.54) is 44.9 Å². The highest BCUT2D eigenvalue weighted by atomic mass is 16.3. The van der Waals surface area contributed by atoms with Gasteiger partial charge in [0.1, 0.15) is 0 Å². The Kier molecular flexibility index (Phi) is 5.26. The summed E-state index contributed by atoms with van der Waals surface area (Å²) in [5.74, 6) is 0. The third kappa shape index (κ3) is 4.57. The van der Waals surface area contributed by atoms with Crippen LogP contribution in [0.2, 0.25) is 0 Å². The smallest absolute Gasteiger partial charge is 0.0585 e. The topological polar surface area (TPSA) is 35.5 Å². The quantitative estimate of drug-likeness (QED) is 0.712. The number of rotatable bonds is 7. The Morgan fingerprint density at radius 2 is 1.88 bits per heavy atom. The van der Waals surface area contributed by atoms with Crippen LogP contribution in [0.1, 0.15) is 51.4 Å². The van der Waals surface area contributed by atoms with Gasteiger partial charge < -0.3 is 15.3 Å². The fraction of sp³-hybridized carbons (Fsp3) is 1.00.